The van der Waals surface area contributed by atoms with Gasteiger partial charge in [-0.05, 0) is 44.9 Å². The molecule has 14 heteroatoms. The minimum Gasteiger partial charge on any atom is -0.394 e. The van der Waals surface area contributed by atoms with E-state index in [9.17, 15) is 43.3 Å². The third-order valence-electron chi connectivity index (χ3n) is 12.1. The molecule has 8 unspecified atom stereocenters. The SMILES string of the molecule is CCCCCCCCCCC/C=C\CCCCCCCCC(O)C(=O)NC(COC1OC(CO)C(O)C(OS(=O)(=O)O)C1O)C(O)/C=C/CCCCCCCCCCCCCCC. The van der Waals surface area contributed by atoms with Gasteiger partial charge in [-0.25, -0.2) is 4.18 Å². The van der Waals surface area contributed by atoms with Crippen molar-refractivity contribution in [3.8, 4) is 0 Å². The molecule has 7 N–H and O–H groups in total. The number of unbranched alkanes of at least 4 members (excludes halogenated alkanes) is 28. The normalized spacial score (nSPS) is 21.0. The second kappa shape index (κ2) is 39.7. The summed E-state index contributed by atoms with van der Waals surface area (Å²) in [5.74, 6) is -0.705. The second-order valence-corrected chi connectivity index (χ2v) is 18.9. The topological polar surface area (TPSA) is 212 Å². The fraction of sp³-hybridized carbons (Fsp3) is 0.898. The van der Waals surface area contributed by atoms with Gasteiger partial charge in [-0.1, -0.05) is 199 Å². The Morgan fingerprint density at radius 3 is 1.48 bits per heavy atom. The largest absolute Gasteiger partial charge is 0.397 e. The number of carbonyl (C=O) groups excluding carboxylic acids is 1. The van der Waals surface area contributed by atoms with Gasteiger partial charge in [-0.3, -0.25) is 9.35 Å². The van der Waals surface area contributed by atoms with Gasteiger partial charge in [0.15, 0.2) is 6.29 Å². The molecule has 0 aromatic carbocycles. The predicted octanol–water partition coefficient (Wildman–Crippen LogP) is 9.47. The van der Waals surface area contributed by atoms with E-state index in [1.807, 2.05) is 6.08 Å². The zero-order chi connectivity index (χ0) is 46.4. The molecule has 0 spiro atoms. The van der Waals surface area contributed by atoms with Crippen molar-refractivity contribution in [2.75, 3.05) is 13.2 Å². The van der Waals surface area contributed by atoms with Gasteiger partial charge in [0.05, 0.1) is 25.4 Å². The summed E-state index contributed by atoms with van der Waals surface area (Å²) in [6.45, 7) is 3.23. The Morgan fingerprint density at radius 1 is 0.635 bits per heavy atom. The van der Waals surface area contributed by atoms with Crippen LogP contribution >= 0.6 is 0 Å². The van der Waals surface area contributed by atoms with Crippen LogP contribution in [0.15, 0.2) is 24.3 Å². The molecule has 13 nitrogen and oxygen atoms in total. The smallest absolute Gasteiger partial charge is 0.394 e. The van der Waals surface area contributed by atoms with Gasteiger partial charge in [0.25, 0.3) is 0 Å². The molecule has 0 aromatic rings. The number of allylic oxidation sites excluding steroid dienone is 3. The van der Waals surface area contributed by atoms with Crippen LogP contribution in [0.1, 0.15) is 219 Å². The third-order valence-corrected chi connectivity index (χ3v) is 12.5. The Morgan fingerprint density at radius 2 is 1.05 bits per heavy atom. The number of hydrogen-bond donors (Lipinski definition) is 7. The van der Waals surface area contributed by atoms with Crippen LogP contribution in [0.5, 0.6) is 0 Å². The molecule has 1 aliphatic heterocycles. The molecule has 1 rings (SSSR count). The number of hydrogen-bond acceptors (Lipinski definition) is 11. The molecule has 0 radical (unpaired) electrons. The molecule has 0 bridgehead atoms. The maximum Gasteiger partial charge on any atom is 0.397 e. The van der Waals surface area contributed by atoms with Crippen molar-refractivity contribution >= 4 is 16.3 Å². The fourth-order valence-corrected chi connectivity index (χ4v) is 8.55. The quantitative estimate of drug-likeness (QED) is 0.0173. The van der Waals surface area contributed by atoms with Gasteiger partial charge >= 0.3 is 10.4 Å². The molecule has 1 fully saturated rings. The molecular weight excluding hydrogens is 827 g/mol. The molecular formula is C49H93NO12S. The maximum atomic E-state index is 13.1. The Labute approximate surface area is 383 Å². The summed E-state index contributed by atoms with van der Waals surface area (Å²) < 4.78 is 47.6. The molecule has 0 aliphatic carbocycles. The van der Waals surface area contributed by atoms with Crippen molar-refractivity contribution in [1.29, 1.82) is 0 Å². The van der Waals surface area contributed by atoms with E-state index in [-0.39, 0.29) is 6.42 Å². The van der Waals surface area contributed by atoms with E-state index in [2.05, 4.69) is 35.5 Å². The van der Waals surface area contributed by atoms with E-state index in [0.717, 1.165) is 57.8 Å². The number of aliphatic hydroxyl groups excluding tert-OH is 5. The highest BCUT2D eigenvalue weighted by molar-refractivity contribution is 7.80. The van der Waals surface area contributed by atoms with Crippen LogP contribution in [0.4, 0.5) is 0 Å². The summed E-state index contributed by atoms with van der Waals surface area (Å²) in [6, 6.07) is -1.12. The summed E-state index contributed by atoms with van der Waals surface area (Å²) in [5.41, 5.74) is 0. The molecule has 0 saturated carbocycles. The Bertz CT molecular complexity index is 1240. The van der Waals surface area contributed by atoms with Crippen LogP contribution in [0.3, 0.4) is 0 Å². The van der Waals surface area contributed by atoms with E-state index < -0.39 is 78.5 Å². The lowest BCUT2D eigenvalue weighted by Gasteiger charge is -2.41. The van der Waals surface area contributed by atoms with E-state index >= 15 is 0 Å². The van der Waals surface area contributed by atoms with E-state index in [1.54, 1.807) is 0 Å². The van der Waals surface area contributed by atoms with Gasteiger partial charge < -0.3 is 40.3 Å². The number of ether oxygens (including phenoxy) is 2. The fourth-order valence-electron chi connectivity index (χ4n) is 8.04. The zero-order valence-electron chi connectivity index (χ0n) is 39.5. The molecule has 1 saturated heterocycles. The summed E-state index contributed by atoms with van der Waals surface area (Å²) in [4.78, 5) is 13.1. The zero-order valence-corrected chi connectivity index (χ0v) is 40.3. The maximum absolute atomic E-state index is 13.1. The number of rotatable bonds is 43. The van der Waals surface area contributed by atoms with Crippen molar-refractivity contribution < 1.29 is 57.0 Å². The minimum atomic E-state index is -5.12. The van der Waals surface area contributed by atoms with Crippen LogP contribution in [-0.4, -0.2) is 107 Å². The highest BCUT2D eigenvalue weighted by atomic mass is 32.3. The molecule has 1 heterocycles. The first-order valence-corrected chi connectivity index (χ1v) is 26.7. The summed E-state index contributed by atoms with van der Waals surface area (Å²) in [7, 11) is -5.12. The van der Waals surface area contributed by atoms with E-state index in [1.165, 1.54) is 134 Å². The van der Waals surface area contributed by atoms with Gasteiger partial charge in [-0.15, -0.1) is 0 Å². The van der Waals surface area contributed by atoms with E-state index in [4.69, 9.17) is 9.47 Å². The van der Waals surface area contributed by atoms with Gasteiger partial charge in [-0.2, -0.15) is 8.42 Å². The standard InChI is InChI=1S/C49H93NO12S/c1-3-5-7-9-11-13-15-17-19-20-21-22-24-26-28-30-32-34-36-38-43(53)48(56)50-41(40-60-49-46(55)47(62-63(57,58)59)45(54)44(39-51)61-49)42(52)37-35-33-31-29-27-25-23-18-16-14-12-10-8-6-4-2/h21-22,35,37,41-47,49,51-55H,3-20,23-34,36,38-40H2,1-2H3,(H,50,56)(H,57,58,59)/b22-21-,37-35+. The average Bonchev–Trinajstić information content (AvgIpc) is 3.25. The van der Waals surface area contributed by atoms with Crippen LogP contribution in [-0.2, 0) is 28.9 Å². The first kappa shape index (κ1) is 59.6. The molecule has 1 amide bonds. The Hall–Kier alpha value is -1.46. The molecule has 0 aromatic heterocycles. The Balaban J connectivity index is 2.53. The van der Waals surface area contributed by atoms with Crippen LogP contribution in [0.2, 0.25) is 0 Å². The van der Waals surface area contributed by atoms with Gasteiger partial charge in [0.1, 0.15) is 30.5 Å². The molecule has 8 atom stereocenters. The van der Waals surface area contributed by atoms with Gasteiger partial charge in [0, 0.05) is 0 Å². The van der Waals surface area contributed by atoms with Crippen molar-refractivity contribution in [3.05, 3.63) is 24.3 Å². The highest BCUT2D eigenvalue weighted by Crippen LogP contribution is 2.26. The van der Waals surface area contributed by atoms with Crippen molar-refractivity contribution in [2.45, 2.75) is 268 Å². The summed E-state index contributed by atoms with van der Waals surface area (Å²) in [5, 5.41) is 55.3. The van der Waals surface area contributed by atoms with Crippen molar-refractivity contribution in [3.63, 3.8) is 0 Å². The molecule has 63 heavy (non-hydrogen) atoms. The van der Waals surface area contributed by atoms with Crippen molar-refractivity contribution in [2.24, 2.45) is 0 Å². The Kier molecular flexibility index (Phi) is 37.5. The van der Waals surface area contributed by atoms with Gasteiger partial charge in [0.2, 0.25) is 5.91 Å². The average molecular weight is 920 g/mol. The lowest BCUT2D eigenvalue weighted by Crippen LogP contribution is -2.61. The second-order valence-electron chi connectivity index (χ2n) is 17.9. The van der Waals surface area contributed by atoms with Crippen molar-refractivity contribution in [1.82, 2.24) is 5.32 Å². The number of amides is 1. The summed E-state index contributed by atoms with van der Waals surface area (Å²) in [6.07, 6.45) is 33.9. The van der Waals surface area contributed by atoms with Crippen LogP contribution < -0.4 is 5.32 Å². The molecule has 372 valence electrons. The first-order valence-electron chi connectivity index (χ1n) is 25.3. The molecule has 1 aliphatic rings. The lowest BCUT2D eigenvalue weighted by molar-refractivity contribution is -0.298. The predicted molar refractivity (Wildman–Crippen MR) is 251 cm³/mol. The lowest BCUT2D eigenvalue weighted by atomic mass is 9.99. The number of carbonyl (C=O) groups is 1. The highest BCUT2D eigenvalue weighted by Gasteiger charge is 2.48. The van der Waals surface area contributed by atoms with Crippen LogP contribution in [0.25, 0.3) is 0 Å². The monoisotopic (exact) mass is 920 g/mol. The van der Waals surface area contributed by atoms with Crippen LogP contribution in [0, 0.1) is 0 Å². The third kappa shape index (κ3) is 32.0. The first-order chi connectivity index (χ1) is 30.4. The van der Waals surface area contributed by atoms with E-state index in [0.29, 0.717) is 12.8 Å². The number of nitrogens with one attached hydrogen (secondary N) is 1. The number of aliphatic hydroxyl groups is 5. The summed E-state index contributed by atoms with van der Waals surface area (Å²) >= 11 is 0. The minimum absolute atomic E-state index is 0.237.